The number of benzene rings is 2. The number of rotatable bonds is 6. The number of nitrogens with one attached hydrogen (secondary N) is 1. The number of hydrogen-bond acceptors (Lipinski definition) is 4. The molecule has 28 heavy (non-hydrogen) atoms. The maximum Gasteiger partial charge on any atom is 0.264 e. The van der Waals surface area contributed by atoms with Gasteiger partial charge in [0.25, 0.3) is 5.91 Å². The molecule has 0 saturated carbocycles. The molecule has 0 spiro atoms. The Morgan fingerprint density at radius 2 is 1.89 bits per heavy atom. The lowest BCUT2D eigenvalue weighted by Gasteiger charge is -2.08. The molecule has 1 aliphatic rings. The molecule has 1 N–H and O–H groups in total. The second-order valence-electron chi connectivity index (χ2n) is 7.37. The van der Waals surface area contributed by atoms with E-state index in [-0.39, 0.29) is 5.91 Å². The van der Waals surface area contributed by atoms with Crippen molar-refractivity contribution in [2.45, 2.75) is 34.1 Å². The van der Waals surface area contributed by atoms with Gasteiger partial charge in [-0.15, -0.1) is 0 Å². The third-order valence-electron chi connectivity index (χ3n) is 4.37. The number of carbonyl (C=O) groups is 1. The zero-order valence-corrected chi connectivity index (χ0v) is 17.6. The van der Waals surface area contributed by atoms with Crippen LogP contribution >= 0.6 is 11.8 Å². The van der Waals surface area contributed by atoms with Crippen LogP contribution in [0.15, 0.2) is 52.4 Å². The van der Waals surface area contributed by atoms with Crippen LogP contribution in [-0.4, -0.2) is 17.7 Å². The smallest absolute Gasteiger partial charge is 0.264 e. The Bertz CT molecular complexity index is 915. The first-order valence-corrected chi connectivity index (χ1v) is 10.3. The lowest BCUT2D eigenvalue weighted by atomic mass is 10.1. The SMILES string of the molecule is Cc1ccc(N=C2NC(=O)C(=Cc3ccc(OCCC(C)C)cc3)S2)c(C)c1. The number of amidine groups is 1. The molecule has 2 aromatic rings. The van der Waals surface area contributed by atoms with Crippen molar-refractivity contribution in [3.05, 3.63) is 64.1 Å². The maximum atomic E-state index is 12.3. The quantitative estimate of drug-likeness (QED) is 0.647. The van der Waals surface area contributed by atoms with E-state index >= 15 is 0 Å². The molecule has 0 radical (unpaired) electrons. The van der Waals surface area contributed by atoms with E-state index in [1.54, 1.807) is 0 Å². The van der Waals surface area contributed by atoms with E-state index in [1.165, 1.54) is 17.3 Å². The average molecular weight is 395 g/mol. The van der Waals surface area contributed by atoms with Gasteiger partial charge < -0.3 is 10.1 Å². The molecule has 1 heterocycles. The highest BCUT2D eigenvalue weighted by Crippen LogP contribution is 2.29. The van der Waals surface area contributed by atoms with Crippen molar-refractivity contribution in [3.8, 4) is 5.75 Å². The van der Waals surface area contributed by atoms with Crippen LogP contribution in [0.5, 0.6) is 5.75 Å². The van der Waals surface area contributed by atoms with Crippen molar-refractivity contribution in [1.29, 1.82) is 0 Å². The molecular weight excluding hydrogens is 368 g/mol. The Labute approximate surface area is 171 Å². The van der Waals surface area contributed by atoms with Gasteiger partial charge in [-0.2, -0.15) is 0 Å². The Hall–Kier alpha value is -2.53. The monoisotopic (exact) mass is 394 g/mol. The highest BCUT2D eigenvalue weighted by Gasteiger charge is 2.23. The molecule has 146 valence electrons. The van der Waals surface area contributed by atoms with E-state index in [0.29, 0.717) is 22.6 Å². The molecule has 5 heteroatoms. The van der Waals surface area contributed by atoms with Gasteiger partial charge in [0.15, 0.2) is 5.17 Å². The number of hydrogen-bond donors (Lipinski definition) is 1. The minimum Gasteiger partial charge on any atom is -0.494 e. The summed E-state index contributed by atoms with van der Waals surface area (Å²) in [5, 5.41) is 3.45. The number of aliphatic imine (C=N–C) groups is 1. The fourth-order valence-electron chi connectivity index (χ4n) is 2.74. The van der Waals surface area contributed by atoms with Crippen LogP contribution in [-0.2, 0) is 4.79 Å². The van der Waals surface area contributed by atoms with E-state index in [1.807, 2.05) is 49.4 Å². The topological polar surface area (TPSA) is 50.7 Å². The Morgan fingerprint density at radius 3 is 2.57 bits per heavy atom. The molecular formula is C23H26N2O2S. The van der Waals surface area contributed by atoms with Crippen LogP contribution in [0, 0.1) is 19.8 Å². The molecule has 3 rings (SSSR count). The number of nitrogens with zero attached hydrogens (tertiary/aromatic N) is 1. The van der Waals surface area contributed by atoms with Gasteiger partial charge in [-0.3, -0.25) is 4.79 Å². The zero-order chi connectivity index (χ0) is 20.1. The number of carbonyl (C=O) groups excluding carboxylic acids is 1. The summed E-state index contributed by atoms with van der Waals surface area (Å²) in [6.45, 7) is 9.16. The molecule has 4 nitrogen and oxygen atoms in total. The van der Waals surface area contributed by atoms with Crippen molar-refractivity contribution in [2.24, 2.45) is 10.9 Å². The predicted octanol–water partition coefficient (Wildman–Crippen LogP) is 5.62. The summed E-state index contributed by atoms with van der Waals surface area (Å²) in [5.74, 6) is 1.36. The van der Waals surface area contributed by atoms with E-state index in [0.717, 1.165) is 29.0 Å². The number of amides is 1. The predicted molar refractivity (Wildman–Crippen MR) is 118 cm³/mol. The van der Waals surface area contributed by atoms with Gasteiger partial charge in [0.2, 0.25) is 0 Å². The van der Waals surface area contributed by atoms with Gasteiger partial charge in [-0.05, 0) is 73.4 Å². The van der Waals surface area contributed by atoms with Crippen LogP contribution < -0.4 is 10.1 Å². The van der Waals surface area contributed by atoms with Crippen molar-refractivity contribution >= 4 is 34.6 Å². The van der Waals surface area contributed by atoms with E-state index in [2.05, 4.69) is 37.1 Å². The van der Waals surface area contributed by atoms with E-state index in [9.17, 15) is 4.79 Å². The van der Waals surface area contributed by atoms with Crippen molar-refractivity contribution < 1.29 is 9.53 Å². The summed E-state index contributed by atoms with van der Waals surface area (Å²) in [7, 11) is 0. The van der Waals surface area contributed by atoms with Crippen LogP contribution in [0.2, 0.25) is 0 Å². The van der Waals surface area contributed by atoms with Crippen molar-refractivity contribution in [1.82, 2.24) is 5.32 Å². The van der Waals surface area contributed by atoms with Gasteiger partial charge in [0, 0.05) is 0 Å². The third-order valence-corrected chi connectivity index (χ3v) is 5.28. The molecule has 0 aromatic heterocycles. The Kier molecular flexibility index (Phi) is 6.57. The summed E-state index contributed by atoms with van der Waals surface area (Å²) in [6.07, 6.45) is 2.91. The summed E-state index contributed by atoms with van der Waals surface area (Å²) < 4.78 is 5.74. The van der Waals surface area contributed by atoms with Gasteiger partial charge in [-0.1, -0.05) is 43.7 Å². The first kappa shape index (κ1) is 20.2. The molecule has 0 atom stereocenters. The second-order valence-corrected chi connectivity index (χ2v) is 8.40. The summed E-state index contributed by atoms with van der Waals surface area (Å²) in [6, 6.07) is 13.9. The summed E-state index contributed by atoms with van der Waals surface area (Å²) in [4.78, 5) is 17.5. The fraction of sp³-hybridized carbons (Fsp3) is 0.304. The molecule has 1 fully saturated rings. The second kappa shape index (κ2) is 9.11. The van der Waals surface area contributed by atoms with Crippen LogP contribution in [0.1, 0.15) is 37.0 Å². The van der Waals surface area contributed by atoms with Gasteiger partial charge >= 0.3 is 0 Å². The highest BCUT2D eigenvalue weighted by molar-refractivity contribution is 8.18. The van der Waals surface area contributed by atoms with Crippen LogP contribution in [0.25, 0.3) is 6.08 Å². The number of ether oxygens (including phenoxy) is 1. The van der Waals surface area contributed by atoms with Crippen LogP contribution in [0.4, 0.5) is 5.69 Å². The van der Waals surface area contributed by atoms with Gasteiger partial charge in [0.05, 0.1) is 17.2 Å². The summed E-state index contributed by atoms with van der Waals surface area (Å²) in [5.41, 5.74) is 4.12. The molecule has 2 aromatic carbocycles. The Morgan fingerprint density at radius 1 is 1.14 bits per heavy atom. The lowest BCUT2D eigenvalue weighted by molar-refractivity contribution is -0.115. The normalized spacial score (nSPS) is 16.8. The van der Waals surface area contributed by atoms with Crippen molar-refractivity contribution in [3.63, 3.8) is 0 Å². The molecule has 0 aliphatic carbocycles. The minimum atomic E-state index is -0.120. The first-order chi connectivity index (χ1) is 13.4. The number of thioether (sulfide) groups is 1. The third kappa shape index (κ3) is 5.49. The van der Waals surface area contributed by atoms with Gasteiger partial charge in [-0.25, -0.2) is 4.99 Å². The average Bonchev–Trinajstić information content (AvgIpc) is 2.98. The molecule has 1 amide bonds. The van der Waals surface area contributed by atoms with Crippen LogP contribution in [0.3, 0.4) is 0 Å². The fourth-order valence-corrected chi connectivity index (χ4v) is 3.58. The molecule has 0 unspecified atom stereocenters. The van der Waals surface area contributed by atoms with Gasteiger partial charge in [0.1, 0.15) is 5.75 Å². The maximum absolute atomic E-state index is 12.3. The molecule has 1 aliphatic heterocycles. The molecule has 1 saturated heterocycles. The lowest BCUT2D eigenvalue weighted by Crippen LogP contribution is -2.19. The zero-order valence-electron chi connectivity index (χ0n) is 16.8. The number of aryl methyl sites for hydroxylation is 2. The summed E-state index contributed by atoms with van der Waals surface area (Å²) >= 11 is 1.36. The standard InChI is InChI=1S/C23H26N2O2S/c1-15(2)11-12-27-19-8-6-18(7-9-19)14-21-22(26)25-23(28-21)24-20-10-5-16(3)13-17(20)4/h5-10,13-15H,11-12H2,1-4H3,(H,24,25,26). The largest absolute Gasteiger partial charge is 0.494 e. The highest BCUT2D eigenvalue weighted by atomic mass is 32.2. The Balaban J connectivity index is 1.67. The van der Waals surface area contributed by atoms with Crippen molar-refractivity contribution in [2.75, 3.05) is 6.61 Å². The first-order valence-electron chi connectivity index (χ1n) is 9.50. The molecule has 0 bridgehead atoms. The van der Waals surface area contributed by atoms with E-state index < -0.39 is 0 Å². The minimum absolute atomic E-state index is 0.120. The van der Waals surface area contributed by atoms with E-state index in [4.69, 9.17) is 4.74 Å².